The number of nitrogens with zero attached hydrogens (tertiary/aromatic N) is 3. The van der Waals surface area contributed by atoms with Crippen molar-refractivity contribution in [3.05, 3.63) is 23.9 Å². The van der Waals surface area contributed by atoms with Crippen LogP contribution in [0.25, 0.3) is 11.2 Å². The van der Waals surface area contributed by atoms with Crippen LogP contribution in [0.15, 0.2) is 28.5 Å². The Bertz CT molecular complexity index is 1110. The van der Waals surface area contributed by atoms with Crippen LogP contribution < -0.4 is 26.2 Å². The number of benzene rings is 1. The Labute approximate surface area is 166 Å². The topological polar surface area (TPSA) is 115 Å². The predicted molar refractivity (Wildman–Crippen MR) is 105 cm³/mol. The highest BCUT2D eigenvalue weighted by Crippen LogP contribution is 2.36. The Morgan fingerprint density at radius 3 is 2.93 bits per heavy atom. The molecule has 142 valence electrons. The van der Waals surface area contributed by atoms with Crippen molar-refractivity contribution in [2.24, 2.45) is 11.7 Å². The monoisotopic (exact) mass is 394 g/mol. The van der Waals surface area contributed by atoms with Crippen LogP contribution in [0, 0.1) is 11.3 Å². The van der Waals surface area contributed by atoms with E-state index in [4.69, 9.17) is 28.5 Å². The highest BCUT2D eigenvalue weighted by Gasteiger charge is 2.28. The predicted octanol–water partition coefficient (Wildman–Crippen LogP) is 1.04. The summed E-state index contributed by atoms with van der Waals surface area (Å²) in [6.45, 7) is 0.924. The lowest BCUT2D eigenvalue weighted by Crippen LogP contribution is -2.25. The van der Waals surface area contributed by atoms with Crippen molar-refractivity contribution in [2.45, 2.75) is 41.9 Å². The standard InChI is InChI=1S/C18H19BN6O2S/c19-10-5-12-13(27-8-26-12)6-14(10)28-18-23-15-16(21)22-7-25(17(15)24-18)4-3-11(20)9-1-2-9/h5-7,9,11,21H,1-4,8,20H2,(H,23,24). The fourth-order valence-electron chi connectivity index (χ4n) is 3.35. The molecule has 0 saturated heterocycles. The molecule has 1 aromatic carbocycles. The molecule has 2 radical (unpaired) electrons. The first-order valence-corrected chi connectivity index (χ1v) is 10.0. The molecule has 1 atom stereocenters. The molecule has 1 fully saturated rings. The van der Waals surface area contributed by atoms with E-state index >= 15 is 0 Å². The fraction of sp³-hybridized carbons (Fsp3) is 0.389. The van der Waals surface area contributed by atoms with E-state index in [2.05, 4.69) is 15.0 Å². The zero-order valence-corrected chi connectivity index (χ0v) is 16.0. The molecule has 0 amide bonds. The third-order valence-corrected chi connectivity index (χ3v) is 6.10. The first kappa shape index (κ1) is 17.6. The van der Waals surface area contributed by atoms with Gasteiger partial charge in [-0.15, -0.1) is 0 Å². The van der Waals surface area contributed by atoms with Gasteiger partial charge in [0.1, 0.15) is 13.4 Å². The first-order chi connectivity index (χ1) is 13.6. The fourth-order valence-corrected chi connectivity index (χ4v) is 4.19. The van der Waals surface area contributed by atoms with Crippen molar-refractivity contribution >= 4 is 36.2 Å². The molecule has 5 rings (SSSR count). The first-order valence-electron chi connectivity index (χ1n) is 9.21. The second-order valence-corrected chi connectivity index (χ2v) is 8.19. The average Bonchev–Trinajstić information content (AvgIpc) is 3.29. The van der Waals surface area contributed by atoms with Gasteiger partial charge >= 0.3 is 0 Å². The Hall–Kier alpha value is -2.46. The van der Waals surface area contributed by atoms with Gasteiger partial charge in [0, 0.05) is 17.5 Å². The van der Waals surface area contributed by atoms with E-state index in [1.54, 1.807) is 12.4 Å². The van der Waals surface area contributed by atoms with Gasteiger partial charge in [0.25, 0.3) is 0 Å². The van der Waals surface area contributed by atoms with Gasteiger partial charge in [-0.25, -0.2) is 9.97 Å². The van der Waals surface area contributed by atoms with Gasteiger partial charge in [0.05, 0.1) is 6.33 Å². The van der Waals surface area contributed by atoms with Crippen molar-refractivity contribution in [1.82, 2.24) is 19.5 Å². The zero-order chi connectivity index (χ0) is 19.3. The number of hydrogen-bond donors (Lipinski definition) is 3. The van der Waals surface area contributed by atoms with Crippen LogP contribution in [0.1, 0.15) is 19.3 Å². The maximum absolute atomic E-state index is 8.10. The second-order valence-electron chi connectivity index (χ2n) is 7.16. The van der Waals surface area contributed by atoms with Crippen LogP contribution in [0.3, 0.4) is 0 Å². The molecule has 1 aliphatic heterocycles. The summed E-state index contributed by atoms with van der Waals surface area (Å²) in [6, 6.07) is 3.81. The minimum atomic E-state index is 0.163. The number of hydrogen-bond acceptors (Lipinski definition) is 7. The third kappa shape index (κ3) is 3.26. The van der Waals surface area contributed by atoms with Gasteiger partial charge in [-0.1, -0.05) is 17.2 Å². The summed E-state index contributed by atoms with van der Waals surface area (Å²) in [4.78, 5) is 12.9. The Morgan fingerprint density at radius 2 is 2.14 bits per heavy atom. The van der Waals surface area contributed by atoms with Gasteiger partial charge in [-0.05, 0) is 37.3 Å². The lowest BCUT2D eigenvalue weighted by atomic mass is 9.96. The lowest BCUT2D eigenvalue weighted by molar-refractivity contribution is 0.174. The molecule has 2 aliphatic rings. The molecule has 1 unspecified atom stereocenters. The van der Waals surface area contributed by atoms with Crippen LogP contribution >= 0.6 is 11.8 Å². The van der Waals surface area contributed by atoms with Gasteiger partial charge in [-0.2, -0.15) is 0 Å². The Morgan fingerprint density at radius 1 is 1.36 bits per heavy atom. The van der Waals surface area contributed by atoms with Crippen LogP contribution in [0.4, 0.5) is 0 Å². The molecule has 3 heterocycles. The number of aromatic amines is 1. The van der Waals surface area contributed by atoms with Crippen LogP contribution in [0.5, 0.6) is 11.5 Å². The Kier molecular flexibility index (Phi) is 4.32. The highest BCUT2D eigenvalue weighted by molar-refractivity contribution is 7.99. The number of nitrogens with two attached hydrogens (primary N) is 1. The summed E-state index contributed by atoms with van der Waals surface area (Å²) in [5.74, 6) is 1.97. The van der Waals surface area contributed by atoms with E-state index in [1.807, 2.05) is 10.6 Å². The molecule has 8 nitrogen and oxygen atoms in total. The number of H-pyrrole nitrogens is 1. The number of aromatic nitrogens is 4. The smallest absolute Gasteiger partial charge is 0.231 e. The van der Waals surface area contributed by atoms with E-state index in [0.717, 1.165) is 17.9 Å². The number of aryl methyl sites for hydroxylation is 1. The molecule has 0 bridgehead atoms. The van der Waals surface area contributed by atoms with Crippen LogP contribution in [-0.2, 0) is 6.54 Å². The quantitative estimate of drug-likeness (QED) is 0.539. The minimum absolute atomic E-state index is 0.163. The molecule has 0 spiro atoms. The highest BCUT2D eigenvalue weighted by atomic mass is 32.2. The Balaban J connectivity index is 1.43. The maximum Gasteiger partial charge on any atom is 0.231 e. The number of nitrogens with one attached hydrogen (secondary N) is 2. The number of fused-ring (bicyclic) bond motifs is 2. The van der Waals surface area contributed by atoms with Crippen molar-refractivity contribution in [3.63, 3.8) is 0 Å². The van der Waals surface area contributed by atoms with E-state index in [1.165, 1.54) is 24.6 Å². The third-order valence-electron chi connectivity index (χ3n) is 5.14. The number of ether oxygens (including phenoxy) is 2. The zero-order valence-electron chi connectivity index (χ0n) is 15.1. The summed E-state index contributed by atoms with van der Waals surface area (Å²) >= 11 is 1.39. The minimum Gasteiger partial charge on any atom is -0.454 e. The summed E-state index contributed by atoms with van der Waals surface area (Å²) < 4.78 is 12.7. The van der Waals surface area contributed by atoms with E-state index in [-0.39, 0.29) is 18.3 Å². The van der Waals surface area contributed by atoms with Gasteiger partial charge in [0.15, 0.2) is 27.8 Å². The van der Waals surface area contributed by atoms with Crippen molar-refractivity contribution in [1.29, 1.82) is 5.41 Å². The molecular formula is C18H19BN6O2S. The maximum atomic E-state index is 8.10. The molecular weight excluding hydrogens is 375 g/mol. The SMILES string of the molecule is [B]c1cc2c(cc1Sc1nc3c([nH]1)c(=N)ncn3CCC(N)C1CC1)OCO2. The van der Waals surface area contributed by atoms with Gasteiger partial charge in [-0.3, -0.25) is 5.41 Å². The summed E-state index contributed by atoms with van der Waals surface area (Å²) in [5, 5.41) is 8.74. The largest absolute Gasteiger partial charge is 0.454 e. The van der Waals surface area contributed by atoms with E-state index < -0.39 is 0 Å². The molecule has 1 saturated carbocycles. The summed E-state index contributed by atoms with van der Waals surface area (Å²) in [6.07, 6.45) is 4.99. The normalized spacial score (nSPS) is 16.6. The molecule has 2 aromatic heterocycles. The molecule has 3 aromatic rings. The van der Waals surface area contributed by atoms with Gasteiger partial charge < -0.3 is 24.8 Å². The number of imidazole rings is 1. The molecule has 1 aliphatic carbocycles. The molecule has 28 heavy (non-hydrogen) atoms. The van der Waals surface area contributed by atoms with Crippen molar-refractivity contribution in [2.75, 3.05) is 6.79 Å². The van der Waals surface area contributed by atoms with Crippen molar-refractivity contribution < 1.29 is 9.47 Å². The van der Waals surface area contributed by atoms with E-state index in [9.17, 15) is 0 Å². The molecule has 4 N–H and O–H groups in total. The van der Waals surface area contributed by atoms with Crippen LogP contribution in [0.2, 0.25) is 0 Å². The lowest BCUT2D eigenvalue weighted by Gasteiger charge is -2.12. The van der Waals surface area contributed by atoms with Crippen molar-refractivity contribution in [3.8, 4) is 11.5 Å². The molecule has 10 heteroatoms. The van der Waals surface area contributed by atoms with Gasteiger partial charge in [0.2, 0.25) is 6.79 Å². The second kappa shape index (κ2) is 6.86. The average molecular weight is 394 g/mol. The summed E-state index contributed by atoms with van der Waals surface area (Å²) in [7, 11) is 6.14. The number of rotatable bonds is 6. The summed E-state index contributed by atoms with van der Waals surface area (Å²) in [5.41, 5.74) is 8.28. The van der Waals surface area contributed by atoms with E-state index in [0.29, 0.717) is 39.2 Å². The van der Waals surface area contributed by atoms with Crippen LogP contribution in [-0.4, -0.2) is 40.2 Å².